The number of anilines is 2. The molecule has 0 aliphatic rings. The highest BCUT2D eigenvalue weighted by Gasteiger charge is 2.02. The van der Waals surface area contributed by atoms with Gasteiger partial charge in [0.25, 0.3) is 0 Å². The first-order valence-electron chi connectivity index (χ1n) is 6.16. The summed E-state index contributed by atoms with van der Waals surface area (Å²) in [7, 11) is 4.12. The van der Waals surface area contributed by atoms with E-state index in [1.807, 2.05) is 6.07 Å². The Hall–Kier alpha value is -1.36. The Morgan fingerprint density at radius 2 is 1.76 bits per heavy atom. The van der Waals surface area contributed by atoms with Gasteiger partial charge in [-0.15, -0.1) is 0 Å². The van der Waals surface area contributed by atoms with Crippen molar-refractivity contribution in [1.82, 2.24) is 14.9 Å². The summed E-state index contributed by atoms with van der Waals surface area (Å²) in [6, 6.07) is 1.96. The molecule has 0 bridgehead atoms. The van der Waals surface area contributed by atoms with E-state index in [2.05, 4.69) is 53.4 Å². The number of rotatable bonds is 7. The highest BCUT2D eigenvalue weighted by Crippen LogP contribution is 2.11. The van der Waals surface area contributed by atoms with Gasteiger partial charge < -0.3 is 15.5 Å². The van der Waals surface area contributed by atoms with E-state index in [0.717, 1.165) is 43.5 Å². The molecule has 1 rings (SSSR count). The van der Waals surface area contributed by atoms with Gasteiger partial charge in [0.05, 0.1) is 0 Å². The monoisotopic (exact) mass is 237 g/mol. The molecule has 5 heteroatoms. The molecule has 0 saturated carbocycles. The van der Waals surface area contributed by atoms with Gasteiger partial charge in [-0.05, 0) is 21.0 Å². The van der Waals surface area contributed by atoms with Crippen LogP contribution in [-0.2, 0) is 6.42 Å². The van der Waals surface area contributed by atoms with Crippen molar-refractivity contribution < 1.29 is 0 Å². The minimum atomic E-state index is 0.849. The van der Waals surface area contributed by atoms with E-state index in [-0.39, 0.29) is 0 Å². The minimum Gasteiger partial charge on any atom is -0.370 e. The van der Waals surface area contributed by atoms with Crippen LogP contribution in [0.2, 0.25) is 0 Å². The summed E-state index contributed by atoms with van der Waals surface area (Å²) >= 11 is 0. The van der Waals surface area contributed by atoms with Crippen molar-refractivity contribution in [3.8, 4) is 0 Å². The number of nitrogens with zero attached hydrogens (tertiary/aromatic N) is 3. The van der Waals surface area contributed by atoms with Crippen LogP contribution >= 0.6 is 0 Å². The third kappa shape index (κ3) is 4.99. The van der Waals surface area contributed by atoms with Crippen LogP contribution in [0.1, 0.15) is 19.7 Å². The lowest BCUT2D eigenvalue weighted by atomic mass is 10.4. The third-order valence-electron chi connectivity index (χ3n) is 2.31. The van der Waals surface area contributed by atoms with E-state index in [9.17, 15) is 0 Å². The topological polar surface area (TPSA) is 53.1 Å². The predicted octanol–water partition coefficient (Wildman–Crippen LogP) is 1.44. The number of hydrogen-bond acceptors (Lipinski definition) is 5. The summed E-state index contributed by atoms with van der Waals surface area (Å²) in [6.45, 7) is 6.87. The van der Waals surface area contributed by atoms with Gasteiger partial charge in [0, 0.05) is 32.1 Å². The quantitative estimate of drug-likeness (QED) is 0.751. The number of likely N-dealkylation sites (N-methyl/N-ethyl adjacent to an activating group) is 1. The molecule has 0 amide bonds. The zero-order valence-electron chi connectivity index (χ0n) is 11.2. The average Bonchev–Trinajstić information content (AvgIpc) is 2.28. The molecule has 1 aromatic rings. The summed E-state index contributed by atoms with van der Waals surface area (Å²) in [5.41, 5.74) is 0. The second kappa shape index (κ2) is 7.06. The Kier molecular flexibility index (Phi) is 5.69. The molecule has 0 aromatic carbocycles. The molecule has 0 aliphatic heterocycles. The Morgan fingerprint density at radius 3 is 2.29 bits per heavy atom. The van der Waals surface area contributed by atoms with Gasteiger partial charge in [0.2, 0.25) is 0 Å². The molecule has 0 fully saturated rings. The molecule has 0 saturated heterocycles. The van der Waals surface area contributed by atoms with Gasteiger partial charge in [-0.1, -0.05) is 6.92 Å². The Balaban J connectivity index is 2.66. The van der Waals surface area contributed by atoms with Crippen molar-refractivity contribution >= 4 is 11.6 Å². The highest BCUT2D eigenvalue weighted by molar-refractivity contribution is 5.47. The van der Waals surface area contributed by atoms with Gasteiger partial charge in [-0.3, -0.25) is 0 Å². The lowest BCUT2D eigenvalue weighted by Crippen LogP contribution is -2.21. The second-order valence-corrected chi connectivity index (χ2v) is 4.17. The lowest BCUT2D eigenvalue weighted by molar-refractivity contribution is 0.425. The maximum Gasteiger partial charge on any atom is 0.132 e. The highest BCUT2D eigenvalue weighted by atomic mass is 15.1. The smallest absolute Gasteiger partial charge is 0.132 e. The van der Waals surface area contributed by atoms with Crippen LogP contribution in [0.4, 0.5) is 11.6 Å². The Bertz CT molecular complexity index is 338. The first-order chi connectivity index (χ1) is 8.15. The van der Waals surface area contributed by atoms with Crippen LogP contribution < -0.4 is 10.6 Å². The third-order valence-corrected chi connectivity index (χ3v) is 2.31. The van der Waals surface area contributed by atoms with Gasteiger partial charge in [-0.2, -0.15) is 0 Å². The van der Waals surface area contributed by atoms with Crippen molar-refractivity contribution in [2.45, 2.75) is 20.3 Å². The fourth-order valence-corrected chi connectivity index (χ4v) is 1.43. The molecule has 1 aromatic heterocycles. The van der Waals surface area contributed by atoms with Crippen LogP contribution in [-0.4, -0.2) is 48.6 Å². The summed E-state index contributed by atoms with van der Waals surface area (Å²) < 4.78 is 0. The zero-order chi connectivity index (χ0) is 12.7. The fourth-order valence-electron chi connectivity index (χ4n) is 1.43. The van der Waals surface area contributed by atoms with Crippen molar-refractivity contribution in [3.05, 3.63) is 11.9 Å². The van der Waals surface area contributed by atoms with Crippen molar-refractivity contribution in [2.24, 2.45) is 0 Å². The predicted molar refractivity (Wildman–Crippen MR) is 72.6 cm³/mol. The van der Waals surface area contributed by atoms with Gasteiger partial charge in [-0.25, -0.2) is 9.97 Å². The van der Waals surface area contributed by atoms with Crippen LogP contribution in [0.3, 0.4) is 0 Å². The minimum absolute atomic E-state index is 0.849. The van der Waals surface area contributed by atoms with E-state index in [1.54, 1.807) is 0 Å². The summed E-state index contributed by atoms with van der Waals surface area (Å²) in [5, 5.41) is 6.54. The standard InChI is InChI=1S/C12H23N5/c1-5-10-15-11(13-6-2)9-12(16-10)14-7-8-17(3)4/h9H,5-8H2,1-4H3,(H2,13,14,15,16). The van der Waals surface area contributed by atoms with Gasteiger partial charge in [0.15, 0.2) is 0 Å². The van der Waals surface area contributed by atoms with E-state index < -0.39 is 0 Å². The molecule has 5 nitrogen and oxygen atoms in total. The summed E-state index contributed by atoms with van der Waals surface area (Å²) in [6.07, 6.45) is 0.849. The zero-order valence-corrected chi connectivity index (χ0v) is 11.2. The second-order valence-electron chi connectivity index (χ2n) is 4.17. The van der Waals surface area contributed by atoms with Crippen LogP contribution in [0.25, 0.3) is 0 Å². The Morgan fingerprint density at radius 1 is 1.12 bits per heavy atom. The van der Waals surface area contributed by atoms with Crippen molar-refractivity contribution in [3.63, 3.8) is 0 Å². The molecule has 2 N–H and O–H groups in total. The van der Waals surface area contributed by atoms with Gasteiger partial charge in [0.1, 0.15) is 17.5 Å². The normalized spacial score (nSPS) is 10.6. The van der Waals surface area contributed by atoms with E-state index in [1.165, 1.54) is 0 Å². The maximum absolute atomic E-state index is 4.45. The molecule has 0 unspecified atom stereocenters. The van der Waals surface area contributed by atoms with Gasteiger partial charge >= 0.3 is 0 Å². The van der Waals surface area contributed by atoms with E-state index >= 15 is 0 Å². The molecular weight excluding hydrogens is 214 g/mol. The van der Waals surface area contributed by atoms with Crippen LogP contribution in [0.15, 0.2) is 6.07 Å². The molecule has 0 atom stereocenters. The summed E-state index contributed by atoms with van der Waals surface area (Å²) in [5.74, 6) is 2.66. The summed E-state index contributed by atoms with van der Waals surface area (Å²) in [4.78, 5) is 11.0. The van der Waals surface area contributed by atoms with Crippen LogP contribution in [0, 0.1) is 0 Å². The lowest BCUT2D eigenvalue weighted by Gasteiger charge is -2.12. The molecule has 17 heavy (non-hydrogen) atoms. The largest absolute Gasteiger partial charge is 0.370 e. The molecule has 0 aliphatic carbocycles. The Labute approximate surface area is 104 Å². The molecule has 96 valence electrons. The maximum atomic E-state index is 4.45. The van der Waals surface area contributed by atoms with E-state index in [0.29, 0.717) is 0 Å². The fraction of sp³-hybridized carbons (Fsp3) is 0.667. The average molecular weight is 237 g/mol. The van der Waals surface area contributed by atoms with Crippen LogP contribution in [0.5, 0.6) is 0 Å². The molecule has 0 radical (unpaired) electrons. The van der Waals surface area contributed by atoms with E-state index in [4.69, 9.17) is 0 Å². The number of nitrogens with one attached hydrogen (secondary N) is 2. The van der Waals surface area contributed by atoms with Crippen molar-refractivity contribution in [1.29, 1.82) is 0 Å². The first kappa shape index (κ1) is 13.7. The SMILES string of the molecule is CCNc1cc(NCCN(C)C)nc(CC)n1. The molecule has 0 spiro atoms. The number of aryl methyl sites for hydroxylation is 1. The number of aromatic nitrogens is 2. The first-order valence-corrected chi connectivity index (χ1v) is 6.16. The molecule has 1 heterocycles. The van der Waals surface area contributed by atoms with Crippen molar-refractivity contribution in [2.75, 3.05) is 44.4 Å². The number of hydrogen-bond donors (Lipinski definition) is 2. The molecular formula is C12H23N5.